The molecule has 6 atom stereocenters. The molecular weight excluding hydrogens is 344 g/mol. The van der Waals surface area contributed by atoms with Gasteiger partial charge in [0.25, 0.3) is 0 Å². The summed E-state index contributed by atoms with van der Waals surface area (Å²) >= 11 is 0. The van der Waals surface area contributed by atoms with Crippen molar-refractivity contribution in [2.75, 3.05) is 0 Å². The van der Waals surface area contributed by atoms with Gasteiger partial charge in [0.15, 0.2) is 0 Å². The van der Waals surface area contributed by atoms with Gasteiger partial charge in [0, 0.05) is 18.4 Å². The number of hydrogen-bond acceptors (Lipinski definition) is 5. The lowest BCUT2D eigenvalue weighted by molar-refractivity contribution is -0.212. The van der Waals surface area contributed by atoms with Gasteiger partial charge in [0.1, 0.15) is 0 Å². The Bertz CT molecular complexity index is 693. The Labute approximate surface area is 161 Å². The van der Waals surface area contributed by atoms with E-state index in [1.807, 2.05) is 6.92 Å². The van der Waals surface area contributed by atoms with Crippen molar-refractivity contribution in [1.29, 1.82) is 0 Å². The third-order valence-electron chi connectivity index (χ3n) is 7.37. The van der Waals surface area contributed by atoms with Crippen LogP contribution in [0.2, 0.25) is 0 Å². The van der Waals surface area contributed by atoms with Gasteiger partial charge < -0.3 is 9.47 Å². The van der Waals surface area contributed by atoms with E-state index >= 15 is 0 Å². The number of ether oxygens (including phenoxy) is 3. The summed E-state index contributed by atoms with van der Waals surface area (Å²) in [5.74, 6) is -0.435. The second-order valence-corrected chi connectivity index (χ2v) is 10.1. The van der Waals surface area contributed by atoms with Crippen molar-refractivity contribution in [2.24, 2.45) is 28.6 Å². The maximum Gasteiger partial charge on any atom is 0.315 e. The maximum atomic E-state index is 12.6. The van der Waals surface area contributed by atoms with Gasteiger partial charge in [-0.3, -0.25) is 14.3 Å². The van der Waals surface area contributed by atoms with Crippen molar-refractivity contribution in [2.45, 2.75) is 85.7 Å². The summed E-state index contributed by atoms with van der Waals surface area (Å²) < 4.78 is 16.9. The van der Waals surface area contributed by atoms with Gasteiger partial charge >= 0.3 is 11.9 Å². The van der Waals surface area contributed by atoms with Crippen LogP contribution in [-0.4, -0.2) is 24.5 Å². The lowest BCUT2D eigenvalue weighted by Gasteiger charge is -2.51. The van der Waals surface area contributed by atoms with Crippen LogP contribution in [0.15, 0.2) is 11.1 Å². The van der Waals surface area contributed by atoms with E-state index in [-0.39, 0.29) is 29.2 Å². The van der Waals surface area contributed by atoms with Crippen molar-refractivity contribution in [3.63, 3.8) is 0 Å². The molecule has 1 saturated carbocycles. The van der Waals surface area contributed by atoms with E-state index in [1.54, 1.807) is 0 Å². The first-order valence-corrected chi connectivity index (χ1v) is 10.4. The molecule has 0 bridgehead atoms. The average molecular weight is 376 g/mol. The molecule has 2 fully saturated rings. The summed E-state index contributed by atoms with van der Waals surface area (Å²) in [5, 5.41) is 0. The van der Waals surface area contributed by atoms with E-state index in [9.17, 15) is 9.59 Å². The summed E-state index contributed by atoms with van der Waals surface area (Å²) in [6.45, 7) is 10.5. The first-order chi connectivity index (χ1) is 12.6. The second-order valence-electron chi connectivity index (χ2n) is 10.1. The topological polar surface area (TPSA) is 61.8 Å². The van der Waals surface area contributed by atoms with Crippen molar-refractivity contribution >= 4 is 11.9 Å². The largest absolute Gasteiger partial charge is 0.435 e. The highest BCUT2D eigenvalue weighted by Gasteiger charge is 2.56. The van der Waals surface area contributed by atoms with Gasteiger partial charge in [-0.15, -0.1) is 0 Å². The zero-order valence-corrected chi connectivity index (χ0v) is 17.2. The van der Waals surface area contributed by atoms with Crippen LogP contribution in [0.4, 0.5) is 0 Å². The third kappa shape index (κ3) is 3.12. The Morgan fingerprint density at radius 1 is 1.15 bits per heavy atom. The molecule has 0 amide bonds. The van der Waals surface area contributed by atoms with E-state index < -0.39 is 12.6 Å². The summed E-state index contributed by atoms with van der Waals surface area (Å²) in [6.07, 6.45) is 5.49. The SMILES string of the molecule is CC(=O)O[C@@H]1O[C@H]2OC(=O)[C@H](C)C3=C2[C@H]1CC[C@@H]3[C@@]1(C)CCCC(C)(C)C1. The monoisotopic (exact) mass is 376 g/mol. The van der Waals surface area contributed by atoms with Crippen LogP contribution in [0.25, 0.3) is 0 Å². The van der Waals surface area contributed by atoms with E-state index in [2.05, 4.69) is 20.8 Å². The highest BCUT2D eigenvalue weighted by molar-refractivity contribution is 5.78. The quantitative estimate of drug-likeness (QED) is 0.529. The van der Waals surface area contributed by atoms with Crippen LogP contribution in [-0.2, 0) is 23.8 Å². The lowest BCUT2D eigenvalue weighted by atomic mass is 9.54. The molecule has 0 aromatic rings. The molecule has 4 aliphatic rings. The fraction of sp³-hybridized carbons (Fsp3) is 0.818. The molecule has 0 unspecified atom stereocenters. The number of rotatable bonds is 2. The minimum atomic E-state index is -0.680. The van der Waals surface area contributed by atoms with Crippen molar-refractivity contribution in [3.05, 3.63) is 11.1 Å². The van der Waals surface area contributed by atoms with Crippen LogP contribution in [0.1, 0.15) is 73.1 Å². The molecule has 150 valence electrons. The normalized spacial score (nSPS) is 43.1. The van der Waals surface area contributed by atoms with E-state index in [4.69, 9.17) is 14.2 Å². The lowest BCUT2D eigenvalue weighted by Crippen LogP contribution is -2.45. The Morgan fingerprint density at radius 2 is 1.89 bits per heavy atom. The average Bonchev–Trinajstić information content (AvgIpc) is 2.88. The maximum absolute atomic E-state index is 12.6. The predicted octanol–water partition coefficient (Wildman–Crippen LogP) is 4.35. The van der Waals surface area contributed by atoms with Gasteiger partial charge in [-0.2, -0.15) is 0 Å². The molecule has 0 spiro atoms. The van der Waals surface area contributed by atoms with Crippen molar-refractivity contribution < 1.29 is 23.8 Å². The molecule has 2 aliphatic heterocycles. The van der Waals surface area contributed by atoms with Crippen molar-refractivity contribution in [1.82, 2.24) is 0 Å². The molecule has 0 aromatic heterocycles. The van der Waals surface area contributed by atoms with Gasteiger partial charge in [-0.25, -0.2) is 0 Å². The number of hydrogen-bond donors (Lipinski definition) is 0. The van der Waals surface area contributed by atoms with Crippen molar-refractivity contribution in [3.8, 4) is 0 Å². The minimum absolute atomic E-state index is 0.0147. The van der Waals surface area contributed by atoms with Crippen LogP contribution >= 0.6 is 0 Å². The fourth-order valence-electron chi connectivity index (χ4n) is 6.47. The Morgan fingerprint density at radius 3 is 2.56 bits per heavy atom. The molecule has 4 rings (SSSR count). The fourth-order valence-corrected chi connectivity index (χ4v) is 6.47. The molecular formula is C22H32O5. The summed E-state index contributed by atoms with van der Waals surface area (Å²) in [4.78, 5) is 24.1. The standard InChI is InChI=1S/C22H32O5/c1-12-16-15(22(5)10-6-9-21(3,4)11-22)8-7-14-17(16)20(26-18(12)24)27-19(14)25-13(2)23/h12,14-15,19-20H,6-11H2,1-5H3/t12-,14-,15+,19-,20-,22+/m1/s1. The Hall–Kier alpha value is -1.36. The second kappa shape index (κ2) is 6.33. The van der Waals surface area contributed by atoms with E-state index in [0.29, 0.717) is 11.3 Å². The minimum Gasteiger partial charge on any atom is -0.435 e. The molecule has 2 aliphatic carbocycles. The number of esters is 2. The molecule has 5 heteroatoms. The molecule has 27 heavy (non-hydrogen) atoms. The van der Waals surface area contributed by atoms with Gasteiger partial charge in [0.05, 0.1) is 5.92 Å². The Balaban J connectivity index is 1.74. The molecule has 0 radical (unpaired) electrons. The van der Waals surface area contributed by atoms with E-state index in [0.717, 1.165) is 18.4 Å². The zero-order valence-electron chi connectivity index (χ0n) is 17.2. The molecule has 1 saturated heterocycles. The zero-order chi connectivity index (χ0) is 19.6. The van der Waals surface area contributed by atoms with E-state index in [1.165, 1.54) is 38.2 Å². The van der Waals surface area contributed by atoms with Crippen LogP contribution in [0.5, 0.6) is 0 Å². The highest BCUT2D eigenvalue weighted by atomic mass is 16.8. The van der Waals surface area contributed by atoms with Crippen LogP contribution in [0, 0.1) is 28.6 Å². The van der Waals surface area contributed by atoms with Crippen LogP contribution < -0.4 is 0 Å². The van der Waals surface area contributed by atoms with Gasteiger partial charge in [-0.05, 0) is 61.3 Å². The van der Waals surface area contributed by atoms with Gasteiger partial charge in [-0.1, -0.05) is 27.2 Å². The summed E-state index contributed by atoms with van der Waals surface area (Å²) in [5.41, 5.74) is 2.83. The summed E-state index contributed by atoms with van der Waals surface area (Å²) in [7, 11) is 0. The third-order valence-corrected chi connectivity index (χ3v) is 7.37. The highest BCUT2D eigenvalue weighted by Crippen LogP contribution is 2.59. The Kier molecular flexibility index (Phi) is 4.45. The first-order valence-electron chi connectivity index (χ1n) is 10.4. The smallest absolute Gasteiger partial charge is 0.315 e. The number of carbonyl (C=O) groups is 2. The first kappa shape index (κ1) is 19.0. The molecule has 0 aromatic carbocycles. The number of carbonyl (C=O) groups excluding carboxylic acids is 2. The predicted molar refractivity (Wildman–Crippen MR) is 99.3 cm³/mol. The molecule has 5 nitrogen and oxygen atoms in total. The molecule has 0 N–H and O–H groups in total. The summed E-state index contributed by atoms with van der Waals surface area (Å²) in [6, 6.07) is 0. The van der Waals surface area contributed by atoms with Gasteiger partial charge in [0.2, 0.25) is 12.6 Å². The molecule has 2 heterocycles. The van der Waals surface area contributed by atoms with Crippen LogP contribution in [0.3, 0.4) is 0 Å².